The Balaban J connectivity index is 1.85. The summed E-state index contributed by atoms with van der Waals surface area (Å²) in [5.41, 5.74) is 3.43. The van der Waals surface area contributed by atoms with Crippen molar-refractivity contribution < 1.29 is 8.42 Å². The van der Waals surface area contributed by atoms with Crippen LogP contribution in [0.4, 0.5) is 11.6 Å². The Kier molecular flexibility index (Phi) is 3.75. The summed E-state index contributed by atoms with van der Waals surface area (Å²) >= 11 is 0. The van der Waals surface area contributed by atoms with Crippen LogP contribution in [0.3, 0.4) is 0 Å². The predicted molar refractivity (Wildman–Crippen MR) is 81.9 cm³/mol. The minimum absolute atomic E-state index is 0.0879. The average molecular weight is 311 g/mol. The van der Waals surface area contributed by atoms with Gasteiger partial charge in [0.2, 0.25) is 0 Å². The lowest BCUT2D eigenvalue weighted by molar-refractivity contribution is 0.561. The van der Waals surface area contributed by atoms with Crippen LogP contribution in [-0.4, -0.2) is 35.9 Å². The summed E-state index contributed by atoms with van der Waals surface area (Å²) in [6.45, 7) is 1.88. The van der Waals surface area contributed by atoms with Crippen LogP contribution in [0.1, 0.15) is 43.0 Å². The zero-order valence-electron chi connectivity index (χ0n) is 12.1. The van der Waals surface area contributed by atoms with Crippen molar-refractivity contribution in [2.75, 3.05) is 22.2 Å². The van der Waals surface area contributed by atoms with Crippen LogP contribution in [0.5, 0.6) is 0 Å². The van der Waals surface area contributed by atoms with Gasteiger partial charge in [-0.25, -0.2) is 24.2 Å². The summed E-state index contributed by atoms with van der Waals surface area (Å²) in [7, 11) is -2.94. The second-order valence-corrected chi connectivity index (χ2v) is 8.15. The van der Waals surface area contributed by atoms with E-state index < -0.39 is 9.84 Å². The van der Waals surface area contributed by atoms with Crippen molar-refractivity contribution in [2.24, 2.45) is 5.84 Å². The Hall–Kier alpha value is -1.41. The molecule has 1 aliphatic carbocycles. The largest absolute Gasteiger partial charge is 0.366 e. The quantitative estimate of drug-likeness (QED) is 0.560. The number of nitrogens with zero attached hydrogens (tertiary/aromatic N) is 2. The Morgan fingerprint density at radius 2 is 1.90 bits per heavy atom. The van der Waals surface area contributed by atoms with Gasteiger partial charge in [-0.3, -0.25) is 0 Å². The predicted octanol–water partition coefficient (Wildman–Crippen LogP) is 0.937. The molecule has 8 heteroatoms. The third kappa shape index (κ3) is 3.26. The molecule has 0 amide bonds. The van der Waals surface area contributed by atoms with Gasteiger partial charge in [0.25, 0.3) is 0 Å². The van der Waals surface area contributed by atoms with Crippen molar-refractivity contribution in [3.8, 4) is 0 Å². The van der Waals surface area contributed by atoms with E-state index in [9.17, 15) is 8.42 Å². The molecule has 1 aliphatic heterocycles. The van der Waals surface area contributed by atoms with Crippen LogP contribution in [-0.2, 0) is 9.84 Å². The molecule has 1 saturated carbocycles. The summed E-state index contributed by atoms with van der Waals surface area (Å²) in [5.74, 6) is 8.48. The van der Waals surface area contributed by atoms with E-state index in [1.807, 2.05) is 6.92 Å². The zero-order chi connectivity index (χ0) is 15.0. The van der Waals surface area contributed by atoms with Gasteiger partial charge in [0.05, 0.1) is 11.5 Å². The maximum absolute atomic E-state index is 11.7. The highest BCUT2D eigenvalue weighted by atomic mass is 32.2. The number of sulfone groups is 1. The van der Waals surface area contributed by atoms with E-state index in [0.717, 1.165) is 30.7 Å². The van der Waals surface area contributed by atoms with E-state index in [4.69, 9.17) is 5.84 Å². The summed E-state index contributed by atoms with van der Waals surface area (Å²) in [6, 6.07) is -0.0879. The fourth-order valence-corrected chi connectivity index (χ4v) is 4.31. The molecule has 116 valence electrons. The average Bonchev–Trinajstić information content (AvgIpc) is 3.24. The lowest BCUT2D eigenvalue weighted by atomic mass is 10.1. The Labute approximate surface area is 124 Å². The molecule has 1 unspecified atom stereocenters. The zero-order valence-corrected chi connectivity index (χ0v) is 12.9. The first-order valence-electron chi connectivity index (χ1n) is 7.30. The highest BCUT2D eigenvalue weighted by molar-refractivity contribution is 7.91. The van der Waals surface area contributed by atoms with E-state index in [1.165, 1.54) is 0 Å². The first-order valence-corrected chi connectivity index (χ1v) is 9.13. The molecule has 2 fully saturated rings. The number of anilines is 2. The van der Waals surface area contributed by atoms with Gasteiger partial charge >= 0.3 is 0 Å². The molecule has 0 spiro atoms. The molecule has 0 bridgehead atoms. The molecule has 0 radical (unpaired) electrons. The third-order valence-corrected chi connectivity index (χ3v) is 5.87. The van der Waals surface area contributed by atoms with Gasteiger partial charge in [0, 0.05) is 17.5 Å². The van der Waals surface area contributed by atoms with Gasteiger partial charge in [-0.1, -0.05) is 0 Å². The van der Waals surface area contributed by atoms with Crippen molar-refractivity contribution in [3.63, 3.8) is 0 Å². The standard InChI is InChI=1S/C13H21N5O2S/c1-8-11(15-10-3-2-6-21(19,20)7-10)16-13(9-4-5-9)17-12(8)18-14/h9-10H,2-7,14H2,1H3,(H2,15,16,17,18). The highest BCUT2D eigenvalue weighted by Gasteiger charge is 2.29. The van der Waals surface area contributed by atoms with Gasteiger partial charge in [-0.05, 0) is 32.6 Å². The number of hydrogen-bond donors (Lipinski definition) is 3. The number of hydrogen-bond acceptors (Lipinski definition) is 7. The molecule has 2 aliphatic rings. The molecule has 1 aromatic heterocycles. The number of rotatable bonds is 4. The van der Waals surface area contributed by atoms with Gasteiger partial charge < -0.3 is 10.7 Å². The third-order valence-electron chi connectivity index (χ3n) is 4.05. The van der Waals surface area contributed by atoms with E-state index in [2.05, 4.69) is 20.7 Å². The Morgan fingerprint density at radius 3 is 2.52 bits per heavy atom. The number of nitrogen functional groups attached to an aromatic ring is 1. The summed E-state index contributed by atoms with van der Waals surface area (Å²) < 4.78 is 23.5. The van der Waals surface area contributed by atoms with E-state index in [0.29, 0.717) is 24.0 Å². The highest BCUT2D eigenvalue weighted by Crippen LogP contribution is 2.39. The van der Waals surface area contributed by atoms with Gasteiger partial charge in [-0.15, -0.1) is 0 Å². The van der Waals surface area contributed by atoms with Crippen molar-refractivity contribution in [3.05, 3.63) is 11.4 Å². The van der Waals surface area contributed by atoms with Gasteiger partial charge in [0.15, 0.2) is 9.84 Å². The number of nitrogens with two attached hydrogens (primary N) is 1. The lowest BCUT2D eigenvalue weighted by Gasteiger charge is -2.24. The number of hydrazine groups is 1. The molecule has 3 rings (SSSR count). The topological polar surface area (TPSA) is 110 Å². The van der Waals surface area contributed by atoms with Crippen LogP contribution in [0.25, 0.3) is 0 Å². The Morgan fingerprint density at radius 1 is 1.19 bits per heavy atom. The van der Waals surface area contributed by atoms with Gasteiger partial charge in [-0.2, -0.15) is 0 Å². The Bertz CT molecular complexity index is 642. The second kappa shape index (κ2) is 5.42. The molecular weight excluding hydrogens is 290 g/mol. The fraction of sp³-hybridized carbons (Fsp3) is 0.692. The van der Waals surface area contributed by atoms with Crippen molar-refractivity contribution >= 4 is 21.5 Å². The van der Waals surface area contributed by atoms with E-state index in [1.54, 1.807) is 0 Å². The second-order valence-electron chi connectivity index (χ2n) is 5.92. The lowest BCUT2D eigenvalue weighted by Crippen LogP contribution is -2.35. The molecule has 1 atom stereocenters. The first kappa shape index (κ1) is 14.5. The number of nitrogens with one attached hydrogen (secondary N) is 2. The van der Waals surface area contributed by atoms with Crippen LogP contribution < -0.4 is 16.6 Å². The van der Waals surface area contributed by atoms with Crippen LogP contribution >= 0.6 is 0 Å². The van der Waals surface area contributed by atoms with Crippen molar-refractivity contribution in [1.29, 1.82) is 0 Å². The number of aromatic nitrogens is 2. The smallest absolute Gasteiger partial charge is 0.152 e. The SMILES string of the molecule is Cc1c(NN)nc(C2CC2)nc1NC1CCCS(=O)(=O)C1. The summed E-state index contributed by atoms with van der Waals surface area (Å²) in [5, 5.41) is 3.28. The fourth-order valence-electron chi connectivity index (χ4n) is 2.67. The van der Waals surface area contributed by atoms with E-state index >= 15 is 0 Å². The molecule has 7 nitrogen and oxygen atoms in total. The summed E-state index contributed by atoms with van der Waals surface area (Å²) in [6.07, 6.45) is 3.74. The monoisotopic (exact) mass is 311 g/mol. The van der Waals surface area contributed by atoms with Crippen LogP contribution in [0, 0.1) is 6.92 Å². The maximum atomic E-state index is 11.7. The minimum Gasteiger partial charge on any atom is -0.366 e. The normalized spacial score (nSPS) is 24.6. The molecule has 4 N–H and O–H groups in total. The van der Waals surface area contributed by atoms with Gasteiger partial charge in [0.1, 0.15) is 17.5 Å². The molecular formula is C13H21N5O2S. The van der Waals surface area contributed by atoms with Crippen molar-refractivity contribution in [2.45, 2.75) is 44.6 Å². The maximum Gasteiger partial charge on any atom is 0.152 e. The molecule has 0 aromatic carbocycles. The molecule has 21 heavy (non-hydrogen) atoms. The molecule has 2 heterocycles. The minimum atomic E-state index is -2.94. The first-order chi connectivity index (χ1) is 9.98. The molecule has 1 aromatic rings. The van der Waals surface area contributed by atoms with E-state index in [-0.39, 0.29) is 17.5 Å². The van der Waals surface area contributed by atoms with Crippen molar-refractivity contribution in [1.82, 2.24) is 9.97 Å². The summed E-state index contributed by atoms with van der Waals surface area (Å²) in [4.78, 5) is 9.00. The molecule has 1 saturated heterocycles. The van der Waals surface area contributed by atoms with Crippen LogP contribution in [0.2, 0.25) is 0 Å². The van der Waals surface area contributed by atoms with Crippen LogP contribution in [0.15, 0.2) is 0 Å².